The average molecular weight is 363 g/mol. The molecule has 0 aliphatic carbocycles. The van der Waals surface area contributed by atoms with E-state index in [1.807, 2.05) is 0 Å². The van der Waals surface area contributed by atoms with Crippen LogP contribution in [0.15, 0.2) is 30.3 Å². The first kappa shape index (κ1) is 17.0. The molecular formula is C17H15ClN2O5. The number of fused-ring (bicyclic) bond motifs is 1. The van der Waals surface area contributed by atoms with E-state index >= 15 is 0 Å². The highest BCUT2D eigenvalue weighted by Gasteiger charge is 2.30. The number of carbonyl (C=O) groups is 1. The van der Waals surface area contributed by atoms with Crippen molar-refractivity contribution in [1.82, 2.24) is 0 Å². The second-order valence-electron chi connectivity index (χ2n) is 5.56. The molecule has 1 unspecified atom stereocenters. The highest BCUT2D eigenvalue weighted by atomic mass is 35.5. The van der Waals surface area contributed by atoms with Crippen molar-refractivity contribution in [2.75, 3.05) is 19.5 Å². The molecule has 0 saturated carbocycles. The van der Waals surface area contributed by atoms with Crippen molar-refractivity contribution in [3.8, 4) is 11.5 Å². The Morgan fingerprint density at radius 1 is 1.16 bits per heavy atom. The zero-order valence-electron chi connectivity index (χ0n) is 13.5. The lowest BCUT2D eigenvalue weighted by Crippen LogP contribution is -2.24. The van der Waals surface area contributed by atoms with E-state index in [1.165, 1.54) is 32.4 Å². The lowest BCUT2D eigenvalue weighted by molar-refractivity contribution is -0.384. The number of rotatable bonds is 4. The fourth-order valence-electron chi connectivity index (χ4n) is 2.98. The van der Waals surface area contributed by atoms with Crippen molar-refractivity contribution in [2.24, 2.45) is 0 Å². The molecule has 1 amide bonds. The predicted octanol–water partition coefficient (Wildman–Crippen LogP) is 3.74. The highest BCUT2D eigenvalue weighted by molar-refractivity contribution is 6.31. The summed E-state index contributed by atoms with van der Waals surface area (Å²) in [6, 6.07) is 7.65. The molecule has 0 bridgehead atoms. The van der Waals surface area contributed by atoms with Crippen LogP contribution in [0.5, 0.6) is 11.5 Å². The topological polar surface area (TPSA) is 90.7 Å². The van der Waals surface area contributed by atoms with E-state index in [1.54, 1.807) is 12.1 Å². The molecule has 3 rings (SSSR count). The summed E-state index contributed by atoms with van der Waals surface area (Å²) in [6.45, 7) is 0. The minimum Gasteiger partial charge on any atom is -0.493 e. The lowest BCUT2D eigenvalue weighted by Gasteiger charge is -2.27. The maximum atomic E-state index is 12.1. The number of hydrogen-bond donors (Lipinski definition) is 1. The van der Waals surface area contributed by atoms with Gasteiger partial charge in [0.2, 0.25) is 5.91 Å². The second-order valence-corrected chi connectivity index (χ2v) is 5.97. The quantitative estimate of drug-likeness (QED) is 0.660. The fourth-order valence-corrected chi connectivity index (χ4v) is 3.23. The molecule has 25 heavy (non-hydrogen) atoms. The number of non-ortho nitro benzene ring substituents is 1. The number of nitrogens with one attached hydrogen (secondary N) is 1. The molecule has 2 aromatic carbocycles. The number of ether oxygens (including phenoxy) is 2. The van der Waals surface area contributed by atoms with Crippen LogP contribution >= 0.6 is 11.6 Å². The second kappa shape index (κ2) is 6.60. The van der Waals surface area contributed by atoms with Gasteiger partial charge in [-0.25, -0.2) is 0 Å². The molecule has 1 aliphatic heterocycles. The Hall–Kier alpha value is -2.80. The number of methoxy groups -OCH3 is 2. The zero-order chi connectivity index (χ0) is 18.1. The Morgan fingerprint density at radius 2 is 1.84 bits per heavy atom. The van der Waals surface area contributed by atoms with E-state index in [4.69, 9.17) is 21.1 Å². The third-order valence-corrected chi connectivity index (χ3v) is 4.50. The molecule has 0 aromatic heterocycles. The van der Waals surface area contributed by atoms with E-state index in [0.29, 0.717) is 27.8 Å². The van der Waals surface area contributed by atoms with E-state index in [0.717, 1.165) is 5.56 Å². The van der Waals surface area contributed by atoms with Crippen molar-refractivity contribution < 1.29 is 19.2 Å². The van der Waals surface area contributed by atoms with Crippen molar-refractivity contribution in [3.63, 3.8) is 0 Å². The monoisotopic (exact) mass is 362 g/mol. The normalized spacial score (nSPS) is 16.0. The van der Waals surface area contributed by atoms with Crippen LogP contribution in [0.25, 0.3) is 0 Å². The maximum absolute atomic E-state index is 12.1. The van der Waals surface area contributed by atoms with Gasteiger partial charge < -0.3 is 14.8 Å². The maximum Gasteiger partial charge on any atom is 0.269 e. The first-order valence-electron chi connectivity index (χ1n) is 7.44. The first-order chi connectivity index (χ1) is 11.9. The summed E-state index contributed by atoms with van der Waals surface area (Å²) in [5.41, 5.74) is 1.78. The minimum atomic E-state index is -0.488. The number of nitro benzene ring substituents is 1. The van der Waals surface area contributed by atoms with Gasteiger partial charge in [0.05, 0.1) is 19.1 Å². The standard InChI is InChI=1S/C17H15ClN2O5/c1-24-15-6-12-10(7-17(21)19-14(12)8-16(15)25-2)11-5-9(20(22)23)3-4-13(11)18/h3-6,8,10H,7H2,1-2H3,(H,19,21). The van der Waals surface area contributed by atoms with Crippen molar-refractivity contribution >= 4 is 28.9 Å². The van der Waals surface area contributed by atoms with Gasteiger partial charge >= 0.3 is 0 Å². The third-order valence-electron chi connectivity index (χ3n) is 4.16. The number of nitrogens with zero attached hydrogens (tertiary/aromatic N) is 1. The van der Waals surface area contributed by atoms with Gasteiger partial charge in [-0.1, -0.05) is 11.6 Å². The van der Waals surface area contributed by atoms with Crippen LogP contribution in [-0.2, 0) is 4.79 Å². The molecule has 130 valence electrons. The number of anilines is 1. The van der Waals surface area contributed by atoms with E-state index in [9.17, 15) is 14.9 Å². The van der Waals surface area contributed by atoms with Crippen molar-refractivity contribution in [1.29, 1.82) is 0 Å². The van der Waals surface area contributed by atoms with Crippen molar-refractivity contribution in [2.45, 2.75) is 12.3 Å². The first-order valence-corrected chi connectivity index (χ1v) is 7.82. The Bertz CT molecular complexity index is 868. The number of halogens is 1. The molecule has 0 spiro atoms. The van der Waals surface area contributed by atoms with Crippen LogP contribution in [0.3, 0.4) is 0 Å². The summed E-state index contributed by atoms with van der Waals surface area (Å²) >= 11 is 6.27. The molecule has 1 N–H and O–H groups in total. The van der Waals surface area contributed by atoms with Gasteiger partial charge in [0.25, 0.3) is 5.69 Å². The van der Waals surface area contributed by atoms with E-state index in [2.05, 4.69) is 5.32 Å². The van der Waals surface area contributed by atoms with Crippen LogP contribution in [-0.4, -0.2) is 25.1 Å². The molecule has 2 aromatic rings. The summed E-state index contributed by atoms with van der Waals surface area (Å²) < 4.78 is 10.6. The molecule has 7 nitrogen and oxygen atoms in total. The molecule has 0 fully saturated rings. The average Bonchev–Trinajstić information content (AvgIpc) is 2.60. The van der Waals surface area contributed by atoms with Crippen LogP contribution in [0.2, 0.25) is 5.02 Å². The molecule has 1 aliphatic rings. The van der Waals surface area contributed by atoms with Gasteiger partial charge in [0, 0.05) is 41.2 Å². The summed E-state index contributed by atoms with van der Waals surface area (Å²) in [7, 11) is 3.02. The van der Waals surface area contributed by atoms with Crippen LogP contribution in [0.1, 0.15) is 23.5 Å². The largest absolute Gasteiger partial charge is 0.493 e. The molecule has 0 saturated heterocycles. The Kier molecular flexibility index (Phi) is 4.50. The molecule has 1 atom stereocenters. The third kappa shape index (κ3) is 3.10. The smallest absolute Gasteiger partial charge is 0.269 e. The zero-order valence-corrected chi connectivity index (χ0v) is 14.3. The SMILES string of the molecule is COc1cc2c(cc1OC)C(c1cc([N+](=O)[O-])ccc1Cl)CC(=O)N2. The van der Waals surface area contributed by atoms with Crippen LogP contribution in [0, 0.1) is 10.1 Å². The number of nitro groups is 1. The lowest BCUT2D eigenvalue weighted by atomic mass is 9.84. The summed E-state index contributed by atoms with van der Waals surface area (Å²) in [6.07, 6.45) is 0.128. The van der Waals surface area contributed by atoms with E-state index in [-0.39, 0.29) is 18.0 Å². The van der Waals surface area contributed by atoms with Gasteiger partial charge in [0.15, 0.2) is 11.5 Å². The number of hydrogen-bond acceptors (Lipinski definition) is 5. The van der Waals surface area contributed by atoms with Gasteiger partial charge in [-0.15, -0.1) is 0 Å². The van der Waals surface area contributed by atoms with Crippen LogP contribution in [0.4, 0.5) is 11.4 Å². The Balaban J connectivity index is 2.18. The predicted molar refractivity (Wildman–Crippen MR) is 92.7 cm³/mol. The van der Waals surface area contributed by atoms with Gasteiger partial charge in [0.1, 0.15) is 0 Å². The molecule has 0 radical (unpaired) electrons. The fraction of sp³-hybridized carbons (Fsp3) is 0.235. The Labute approximate surface area is 148 Å². The summed E-state index contributed by atoms with van der Waals surface area (Å²) in [4.78, 5) is 22.7. The van der Waals surface area contributed by atoms with E-state index < -0.39 is 10.8 Å². The number of amides is 1. The van der Waals surface area contributed by atoms with Gasteiger partial charge in [-0.2, -0.15) is 0 Å². The highest BCUT2D eigenvalue weighted by Crippen LogP contribution is 2.45. The van der Waals surface area contributed by atoms with Crippen molar-refractivity contribution in [3.05, 3.63) is 56.6 Å². The van der Waals surface area contributed by atoms with Crippen LogP contribution < -0.4 is 14.8 Å². The molecule has 1 heterocycles. The summed E-state index contributed by atoms with van der Waals surface area (Å²) in [5, 5.41) is 14.2. The number of carbonyl (C=O) groups excluding carboxylic acids is 1. The molecule has 8 heteroatoms. The molecular weight excluding hydrogens is 348 g/mol. The summed E-state index contributed by atoms with van der Waals surface area (Å²) in [5.74, 6) is 0.361. The number of benzene rings is 2. The minimum absolute atomic E-state index is 0.0765. The Morgan fingerprint density at radius 3 is 2.48 bits per heavy atom. The van der Waals surface area contributed by atoms with Gasteiger partial charge in [-0.3, -0.25) is 14.9 Å². The van der Waals surface area contributed by atoms with Gasteiger partial charge in [-0.05, 0) is 23.3 Å².